The number of esters is 1. The summed E-state index contributed by atoms with van der Waals surface area (Å²) in [6.45, 7) is 1.62. The molecule has 0 saturated heterocycles. The Balaban J connectivity index is 2.80. The van der Waals surface area contributed by atoms with Crippen LogP contribution in [0.15, 0.2) is 18.2 Å². The number of anilines is 1. The first-order chi connectivity index (χ1) is 9.83. The summed E-state index contributed by atoms with van der Waals surface area (Å²) in [6, 6.07) is 3.31. The number of rotatable bonds is 6. The minimum atomic E-state index is -0.993. The SMILES string of the molecule is COC(=O)c1cc(F)ccc1NC(=O)CC(C)CC(=O)O. The van der Waals surface area contributed by atoms with Gasteiger partial charge in [0.15, 0.2) is 0 Å². The monoisotopic (exact) mass is 297 g/mol. The number of halogens is 1. The van der Waals surface area contributed by atoms with E-state index in [0.29, 0.717) is 0 Å². The van der Waals surface area contributed by atoms with Gasteiger partial charge >= 0.3 is 11.9 Å². The number of methoxy groups -OCH3 is 1. The van der Waals surface area contributed by atoms with Crippen molar-refractivity contribution in [3.63, 3.8) is 0 Å². The second-order valence-electron chi connectivity index (χ2n) is 4.64. The van der Waals surface area contributed by atoms with Crippen molar-refractivity contribution in [2.75, 3.05) is 12.4 Å². The molecule has 1 aromatic rings. The molecule has 7 heteroatoms. The van der Waals surface area contributed by atoms with Crippen molar-refractivity contribution >= 4 is 23.5 Å². The predicted octanol–water partition coefficient (Wildman–Crippen LogP) is 2.05. The molecule has 0 heterocycles. The largest absolute Gasteiger partial charge is 0.481 e. The molecule has 1 amide bonds. The molecule has 1 unspecified atom stereocenters. The Morgan fingerprint density at radius 1 is 1.33 bits per heavy atom. The maximum Gasteiger partial charge on any atom is 0.340 e. The zero-order chi connectivity index (χ0) is 16.0. The van der Waals surface area contributed by atoms with E-state index in [-0.39, 0.29) is 30.0 Å². The molecule has 6 nitrogen and oxygen atoms in total. The van der Waals surface area contributed by atoms with Gasteiger partial charge in [-0.05, 0) is 24.1 Å². The second-order valence-corrected chi connectivity index (χ2v) is 4.64. The van der Waals surface area contributed by atoms with Crippen molar-refractivity contribution in [1.29, 1.82) is 0 Å². The number of carboxylic acids is 1. The van der Waals surface area contributed by atoms with Crippen molar-refractivity contribution in [3.05, 3.63) is 29.6 Å². The molecule has 0 radical (unpaired) electrons. The smallest absolute Gasteiger partial charge is 0.340 e. The molecule has 0 aliphatic heterocycles. The zero-order valence-electron chi connectivity index (χ0n) is 11.7. The highest BCUT2D eigenvalue weighted by Gasteiger charge is 2.17. The van der Waals surface area contributed by atoms with Gasteiger partial charge in [0.05, 0.1) is 18.4 Å². The normalized spacial score (nSPS) is 11.6. The quantitative estimate of drug-likeness (QED) is 0.784. The van der Waals surface area contributed by atoms with E-state index in [1.165, 1.54) is 6.07 Å². The fourth-order valence-electron chi connectivity index (χ4n) is 1.79. The standard InChI is InChI=1S/C14H16FNO5/c1-8(6-13(18)19)5-12(17)16-11-4-3-9(15)7-10(11)14(20)21-2/h3-4,7-8H,5-6H2,1-2H3,(H,16,17)(H,18,19). The third kappa shape index (κ3) is 5.21. The van der Waals surface area contributed by atoms with Gasteiger partial charge in [0.1, 0.15) is 5.82 Å². The Kier molecular flexibility index (Phi) is 5.83. The van der Waals surface area contributed by atoms with Crippen molar-refractivity contribution in [3.8, 4) is 0 Å². The molecular formula is C14H16FNO5. The number of hydrogen-bond donors (Lipinski definition) is 2. The first-order valence-electron chi connectivity index (χ1n) is 6.23. The molecule has 21 heavy (non-hydrogen) atoms. The van der Waals surface area contributed by atoms with Crippen LogP contribution in [0, 0.1) is 11.7 Å². The summed E-state index contributed by atoms with van der Waals surface area (Å²) < 4.78 is 17.7. The van der Waals surface area contributed by atoms with Crippen LogP contribution in [-0.2, 0) is 14.3 Å². The van der Waals surface area contributed by atoms with Gasteiger partial charge in [-0.25, -0.2) is 9.18 Å². The minimum Gasteiger partial charge on any atom is -0.481 e. The van der Waals surface area contributed by atoms with Gasteiger partial charge in [0, 0.05) is 12.8 Å². The van der Waals surface area contributed by atoms with E-state index >= 15 is 0 Å². The number of ether oxygens (including phenoxy) is 1. The van der Waals surface area contributed by atoms with Gasteiger partial charge in [-0.3, -0.25) is 9.59 Å². The lowest BCUT2D eigenvalue weighted by Crippen LogP contribution is -2.19. The lowest BCUT2D eigenvalue weighted by Gasteiger charge is -2.12. The number of nitrogens with one attached hydrogen (secondary N) is 1. The number of aliphatic carboxylic acids is 1. The highest BCUT2D eigenvalue weighted by Crippen LogP contribution is 2.19. The number of carboxylic acid groups (broad SMARTS) is 1. The van der Waals surface area contributed by atoms with E-state index in [2.05, 4.69) is 10.1 Å². The van der Waals surface area contributed by atoms with E-state index < -0.39 is 23.7 Å². The van der Waals surface area contributed by atoms with Crippen LogP contribution in [0.1, 0.15) is 30.1 Å². The predicted molar refractivity (Wildman–Crippen MR) is 72.4 cm³/mol. The van der Waals surface area contributed by atoms with Crippen molar-refractivity contribution in [2.24, 2.45) is 5.92 Å². The van der Waals surface area contributed by atoms with Crippen LogP contribution in [0.4, 0.5) is 10.1 Å². The molecular weight excluding hydrogens is 281 g/mol. The van der Waals surface area contributed by atoms with E-state index in [4.69, 9.17) is 5.11 Å². The Morgan fingerprint density at radius 3 is 2.57 bits per heavy atom. The van der Waals surface area contributed by atoms with Gasteiger partial charge in [0.25, 0.3) is 0 Å². The van der Waals surface area contributed by atoms with Crippen LogP contribution in [0.3, 0.4) is 0 Å². The Labute approximate surface area is 120 Å². The first-order valence-corrected chi connectivity index (χ1v) is 6.23. The van der Waals surface area contributed by atoms with Crippen molar-refractivity contribution in [2.45, 2.75) is 19.8 Å². The molecule has 114 valence electrons. The van der Waals surface area contributed by atoms with Gasteiger partial charge < -0.3 is 15.2 Å². The van der Waals surface area contributed by atoms with Gasteiger partial charge in [-0.1, -0.05) is 6.92 Å². The number of benzene rings is 1. The first kappa shape index (κ1) is 16.6. The summed E-state index contributed by atoms with van der Waals surface area (Å²) in [5, 5.41) is 11.1. The van der Waals surface area contributed by atoms with E-state index in [1.807, 2.05) is 0 Å². The third-order valence-corrected chi connectivity index (χ3v) is 2.72. The molecule has 0 bridgehead atoms. The van der Waals surface area contributed by atoms with Crippen LogP contribution in [0.2, 0.25) is 0 Å². The van der Waals surface area contributed by atoms with Crippen LogP contribution in [0.5, 0.6) is 0 Å². The summed E-state index contributed by atoms with van der Waals surface area (Å²) in [5.41, 5.74) is 0.0208. The summed E-state index contributed by atoms with van der Waals surface area (Å²) in [5.74, 6) is -3.21. The van der Waals surface area contributed by atoms with Gasteiger partial charge in [-0.15, -0.1) is 0 Å². The highest BCUT2D eigenvalue weighted by atomic mass is 19.1. The van der Waals surface area contributed by atoms with Crippen LogP contribution >= 0.6 is 0 Å². The number of amides is 1. The number of carbonyl (C=O) groups is 3. The topological polar surface area (TPSA) is 92.7 Å². The lowest BCUT2D eigenvalue weighted by atomic mass is 10.0. The molecule has 1 atom stereocenters. The molecule has 0 spiro atoms. The summed E-state index contributed by atoms with van der Waals surface area (Å²) in [7, 11) is 1.15. The van der Waals surface area contributed by atoms with Crippen LogP contribution in [0.25, 0.3) is 0 Å². The van der Waals surface area contributed by atoms with Gasteiger partial charge in [-0.2, -0.15) is 0 Å². The van der Waals surface area contributed by atoms with Gasteiger partial charge in [0.2, 0.25) is 5.91 Å². The molecule has 0 fully saturated rings. The maximum absolute atomic E-state index is 13.1. The summed E-state index contributed by atoms with van der Waals surface area (Å²) in [4.78, 5) is 33.9. The maximum atomic E-state index is 13.1. The fraction of sp³-hybridized carbons (Fsp3) is 0.357. The summed E-state index contributed by atoms with van der Waals surface area (Å²) in [6.07, 6.45) is -0.162. The van der Waals surface area contributed by atoms with Crippen molar-refractivity contribution < 1.29 is 28.6 Å². The highest BCUT2D eigenvalue weighted by molar-refractivity contribution is 6.01. The number of hydrogen-bond acceptors (Lipinski definition) is 4. The molecule has 0 saturated carbocycles. The second kappa shape index (κ2) is 7.37. The average Bonchev–Trinajstić information content (AvgIpc) is 2.38. The van der Waals surface area contributed by atoms with E-state index in [1.54, 1.807) is 6.92 Å². The molecule has 2 N–H and O–H groups in total. The Morgan fingerprint density at radius 2 is 2.00 bits per heavy atom. The molecule has 0 aromatic heterocycles. The molecule has 1 aromatic carbocycles. The average molecular weight is 297 g/mol. The Hall–Kier alpha value is -2.44. The Bertz CT molecular complexity index is 558. The molecule has 1 rings (SSSR count). The lowest BCUT2D eigenvalue weighted by molar-refractivity contribution is -0.138. The zero-order valence-corrected chi connectivity index (χ0v) is 11.7. The van der Waals surface area contributed by atoms with Crippen molar-refractivity contribution in [1.82, 2.24) is 0 Å². The summed E-state index contributed by atoms with van der Waals surface area (Å²) >= 11 is 0. The van der Waals surface area contributed by atoms with E-state index in [0.717, 1.165) is 19.2 Å². The fourth-order valence-corrected chi connectivity index (χ4v) is 1.79. The van der Waals surface area contributed by atoms with Crippen LogP contribution in [-0.4, -0.2) is 30.1 Å². The van der Waals surface area contributed by atoms with Crippen LogP contribution < -0.4 is 5.32 Å². The third-order valence-electron chi connectivity index (χ3n) is 2.72. The molecule has 0 aliphatic carbocycles. The van der Waals surface area contributed by atoms with E-state index in [9.17, 15) is 18.8 Å². The molecule has 0 aliphatic rings. The number of carbonyl (C=O) groups excluding carboxylic acids is 2. The minimum absolute atomic E-state index is 0.0235.